The molecular weight excluding hydrogens is 182 g/mol. The topological polar surface area (TPSA) is 26.0 Å². The molecule has 1 atom stereocenters. The van der Waals surface area contributed by atoms with Gasteiger partial charge in [0.2, 0.25) is 0 Å². The Hall–Kier alpha value is -0.530. The SMILES string of the molecule is Cc1cc(Cl)cc([C@H](N)C2CC2)c1. The van der Waals surface area contributed by atoms with Gasteiger partial charge in [0.15, 0.2) is 0 Å². The van der Waals surface area contributed by atoms with Gasteiger partial charge in [-0.1, -0.05) is 17.7 Å². The molecule has 0 spiro atoms. The van der Waals surface area contributed by atoms with Crippen LogP contribution in [-0.2, 0) is 0 Å². The van der Waals surface area contributed by atoms with Crippen LogP contribution in [0.5, 0.6) is 0 Å². The molecule has 0 heterocycles. The maximum atomic E-state index is 6.08. The van der Waals surface area contributed by atoms with E-state index in [0.717, 1.165) is 5.02 Å². The summed E-state index contributed by atoms with van der Waals surface area (Å²) in [6, 6.07) is 6.27. The lowest BCUT2D eigenvalue weighted by Crippen LogP contribution is -2.12. The summed E-state index contributed by atoms with van der Waals surface area (Å²) < 4.78 is 0. The van der Waals surface area contributed by atoms with Crippen LogP contribution in [0, 0.1) is 12.8 Å². The standard InChI is InChI=1S/C11H14ClN/c1-7-4-9(6-10(12)5-7)11(13)8-2-3-8/h4-6,8,11H,2-3,13H2,1H3/t11-/m1/s1. The Labute approximate surface area is 83.9 Å². The summed E-state index contributed by atoms with van der Waals surface area (Å²) in [6.07, 6.45) is 2.54. The molecule has 0 bridgehead atoms. The van der Waals surface area contributed by atoms with E-state index in [9.17, 15) is 0 Å². The Morgan fingerprint density at radius 2 is 2.08 bits per heavy atom. The van der Waals surface area contributed by atoms with Gasteiger partial charge in [-0.05, 0) is 48.9 Å². The van der Waals surface area contributed by atoms with Gasteiger partial charge >= 0.3 is 0 Å². The predicted octanol–water partition coefficient (Wildman–Crippen LogP) is 3.06. The highest BCUT2D eigenvalue weighted by Gasteiger charge is 2.29. The van der Waals surface area contributed by atoms with Crippen LogP contribution in [0.3, 0.4) is 0 Å². The normalized spacial score (nSPS) is 18.7. The van der Waals surface area contributed by atoms with Gasteiger partial charge in [-0.25, -0.2) is 0 Å². The molecule has 0 radical (unpaired) electrons. The van der Waals surface area contributed by atoms with Crippen molar-refractivity contribution in [3.05, 3.63) is 34.3 Å². The van der Waals surface area contributed by atoms with Crippen molar-refractivity contribution >= 4 is 11.6 Å². The monoisotopic (exact) mass is 195 g/mol. The highest BCUT2D eigenvalue weighted by Crippen LogP contribution is 2.39. The number of rotatable bonds is 2. The second-order valence-corrected chi connectivity index (χ2v) is 4.36. The molecule has 0 saturated heterocycles. The molecule has 2 rings (SSSR count). The lowest BCUT2D eigenvalue weighted by molar-refractivity contribution is 0.633. The third-order valence-electron chi connectivity index (χ3n) is 2.58. The molecule has 0 aliphatic heterocycles. The fourth-order valence-electron chi connectivity index (χ4n) is 1.68. The zero-order valence-electron chi connectivity index (χ0n) is 7.76. The molecule has 1 fully saturated rings. The summed E-state index contributed by atoms with van der Waals surface area (Å²) in [6.45, 7) is 2.05. The minimum absolute atomic E-state index is 0.192. The fourth-order valence-corrected chi connectivity index (χ4v) is 1.98. The van der Waals surface area contributed by atoms with Gasteiger partial charge in [-0.2, -0.15) is 0 Å². The van der Waals surface area contributed by atoms with Crippen LogP contribution < -0.4 is 5.73 Å². The summed E-state index contributed by atoms with van der Waals surface area (Å²) in [7, 11) is 0. The minimum Gasteiger partial charge on any atom is -0.324 e. The van der Waals surface area contributed by atoms with Crippen molar-refractivity contribution in [3.8, 4) is 0 Å². The van der Waals surface area contributed by atoms with Gasteiger partial charge in [-0.3, -0.25) is 0 Å². The van der Waals surface area contributed by atoms with E-state index in [-0.39, 0.29) is 6.04 Å². The van der Waals surface area contributed by atoms with E-state index in [1.807, 2.05) is 12.1 Å². The first-order chi connectivity index (χ1) is 6.16. The van der Waals surface area contributed by atoms with E-state index >= 15 is 0 Å². The Bertz CT molecular complexity index is 298. The second-order valence-electron chi connectivity index (χ2n) is 3.93. The first-order valence-electron chi connectivity index (χ1n) is 4.69. The number of hydrogen-bond acceptors (Lipinski definition) is 1. The summed E-state index contributed by atoms with van der Waals surface area (Å²) in [4.78, 5) is 0. The van der Waals surface area contributed by atoms with Gasteiger partial charge in [0.1, 0.15) is 0 Å². The van der Waals surface area contributed by atoms with Crippen LogP contribution in [0.2, 0.25) is 5.02 Å². The van der Waals surface area contributed by atoms with Crippen molar-refractivity contribution in [2.24, 2.45) is 11.7 Å². The lowest BCUT2D eigenvalue weighted by Gasteiger charge is -2.11. The quantitative estimate of drug-likeness (QED) is 0.772. The van der Waals surface area contributed by atoms with E-state index in [2.05, 4.69) is 13.0 Å². The molecule has 1 aliphatic carbocycles. The second kappa shape index (κ2) is 3.32. The number of aryl methyl sites for hydroxylation is 1. The summed E-state index contributed by atoms with van der Waals surface area (Å²) in [5.74, 6) is 0.692. The average molecular weight is 196 g/mol. The smallest absolute Gasteiger partial charge is 0.0411 e. The maximum Gasteiger partial charge on any atom is 0.0411 e. The van der Waals surface area contributed by atoms with Crippen molar-refractivity contribution in [1.82, 2.24) is 0 Å². The van der Waals surface area contributed by atoms with Gasteiger partial charge < -0.3 is 5.73 Å². The number of halogens is 1. The van der Waals surface area contributed by atoms with Gasteiger partial charge in [0.05, 0.1) is 0 Å². The van der Waals surface area contributed by atoms with Crippen LogP contribution in [0.4, 0.5) is 0 Å². The predicted molar refractivity (Wildman–Crippen MR) is 55.8 cm³/mol. The molecule has 1 nitrogen and oxygen atoms in total. The minimum atomic E-state index is 0.192. The Kier molecular flexibility index (Phi) is 2.31. The van der Waals surface area contributed by atoms with E-state index < -0.39 is 0 Å². The third kappa shape index (κ3) is 2.04. The highest BCUT2D eigenvalue weighted by atomic mass is 35.5. The van der Waals surface area contributed by atoms with Crippen LogP contribution in [0.15, 0.2) is 18.2 Å². The molecular formula is C11H14ClN. The zero-order valence-corrected chi connectivity index (χ0v) is 8.51. The molecule has 0 unspecified atom stereocenters. The fraction of sp³-hybridized carbons (Fsp3) is 0.455. The third-order valence-corrected chi connectivity index (χ3v) is 2.80. The van der Waals surface area contributed by atoms with E-state index in [0.29, 0.717) is 5.92 Å². The molecule has 1 aromatic rings. The largest absolute Gasteiger partial charge is 0.324 e. The van der Waals surface area contributed by atoms with Crippen molar-refractivity contribution in [2.75, 3.05) is 0 Å². The molecule has 0 amide bonds. The molecule has 1 aliphatic rings. The van der Waals surface area contributed by atoms with E-state index in [1.54, 1.807) is 0 Å². The number of benzene rings is 1. The zero-order chi connectivity index (χ0) is 9.42. The first-order valence-corrected chi connectivity index (χ1v) is 5.07. The van der Waals surface area contributed by atoms with Crippen LogP contribution in [0.1, 0.15) is 30.0 Å². The molecule has 1 aromatic carbocycles. The van der Waals surface area contributed by atoms with Crippen LogP contribution in [0.25, 0.3) is 0 Å². The van der Waals surface area contributed by atoms with Crippen LogP contribution in [-0.4, -0.2) is 0 Å². The molecule has 2 N–H and O–H groups in total. The molecule has 13 heavy (non-hydrogen) atoms. The van der Waals surface area contributed by atoms with Gasteiger partial charge in [0.25, 0.3) is 0 Å². The van der Waals surface area contributed by atoms with Crippen molar-refractivity contribution in [1.29, 1.82) is 0 Å². The number of nitrogens with two attached hydrogens (primary N) is 1. The molecule has 2 heteroatoms. The van der Waals surface area contributed by atoms with Crippen LogP contribution >= 0.6 is 11.6 Å². The van der Waals surface area contributed by atoms with Gasteiger partial charge in [0, 0.05) is 11.1 Å². The average Bonchev–Trinajstić information content (AvgIpc) is 2.83. The van der Waals surface area contributed by atoms with Crippen molar-refractivity contribution in [2.45, 2.75) is 25.8 Å². The Balaban J connectivity index is 2.27. The van der Waals surface area contributed by atoms with Gasteiger partial charge in [-0.15, -0.1) is 0 Å². The first kappa shape index (κ1) is 9.04. The molecule has 0 aromatic heterocycles. The number of hydrogen-bond donors (Lipinski definition) is 1. The van der Waals surface area contributed by atoms with E-state index in [4.69, 9.17) is 17.3 Å². The summed E-state index contributed by atoms with van der Waals surface area (Å²) in [5.41, 5.74) is 8.46. The summed E-state index contributed by atoms with van der Waals surface area (Å²) in [5, 5.41) is 0.797. The molecule has 70 valence electrons. The molecule has 1 saturated carbocycles. The Morgan fingerprint density at radius 1 is 1.38 bits per heavy atom. The summed E-state index contributed by atoms with van der Waals surface area (Å²) >= 11 is 5.96. The van der Waals surface area contributed by atoms with Crippen molar-refractivity contribution < 1.29 is 0 Å². The van der Waals surface area contributed by atoms with Crippen molar-refractivity contribution in [3.63, 3.8) is 0 Å². The highest BCUT2D eigenvalue weighted by molar-refractivity contribution is 6.30. The lowest BCUT2D eigenvalue weighted by atomic mass is 10.0. The Morgan fingerprint density at radius 3 is 2.62 bits per heavy atom. The van der Waals surface area contributed by atoms with E-state index in [1.165, 1.54) is 24.0 Å². The maximum absolute atomic E-state index is 6.08.